The van der Waals surface area contributed by atoms with Gasteiger partial charge in [-0.25, -0.2) is 4.79 Å². The number of esters is 1. The summed E-state index contributed by atoms with van der Waals surface area (Å²) in [6.07, 6.45) is 1.32. The molecule has 1 N–H and O–H groups in total. The molecule has 0 bridgehead atoms. The molecule has 0 unspecified atom stereocenters. The van der Waals surface area contributed by atoms with Crippen molar-refractivity contribution in [3.63, 3.8) is 0 Å². The molecule has 1 saturated heterocycles. The van der Waals surface area contributed by atoms with Gasteiger partial charge in [-0.3, -0.25) is 9.59 Å². The molecule has 2 atom stereocenters. The molecule has 1 aliphatic rings. The summed E-state index contributed by atoms with van der Waals surface area (Å²) in [5.41, 5.74) is 2.77. The Kier molecular flexibility index (Phi) is 6.87. The lowest BCUT2D eigenvalue weighted by atomic mass is 9.97. The van der Waals surface area contributed by atoms with Crippen molar-refractivity contribution in [1.82, 2.24) is 0 Å². The fourth-order valence-electron chi connectivity index (χ4n) is 3.50. The fraction of sp³-hybridized carbons (Fsp3) is 0.375. The van der Waals surface area contributed by atoms with E-state index in [9.17, 15) is 14.4 Å². The number of ether oxygens (including phenoxy) is 1. The minimum Gasteiger partial charge on any atom is -0.449 e. The van der Waals surface area contributed by atoms with E-state index in [2.05, 4.69) is 19.2 Å². The molecule has 1 fully saturated rings. The fourth-order valence-corrected chi connectivity index (χ4v) is 3.50. The Morgan fingerprint density at radius 1 is 1.13 bits per heavy atom. The van der Waals surface area contributed by atoms with Crippen molar-refractivity contribution < 1.29 is 19.1 Å². The van der Waals surface area contributed by atoms with Crippen molar-refractivity contribution in [2.24, 2.45) is 0 Å². The van der Waals surface area contributed by atoms with Crippen molar-refractivity contribution >= 4 is 29.2 Å². The summed E-state index contributed by atoms with van der Waals surface area (Å²) in [7, 11) is 0. The van der Waals surface area contributed by atoms with E-state index in [0.717, 1.165) is 24.1 Å². The number of carbonyl (C=O) groups is 3. The number of amides is 2. The third-order valence-corrected chi connectivity index (χ3v) is 5.48. The van der Waals surface area contributed by atoms with E-state index >= 15 is 0 Å². The van der Waals surface area contributed by atoms with Gasteiger partial charge < -0.3 is 15.0 Å². The Morgan fingerprint density at radius 2 is 1.90 bits per heavy atom. The van der Waals surface area contributed by atoms with Gasteiger partial charge in [-0.15, -0.1) is 0 Å². The van der Waals surface area contributed by atoms with Crippen molar-refractivity contribution in [3.8, 4) is 0 Å². The highest BCUT2D eigenvalue weighted by atomic mass is 16.5. The molecule has 0 aromatic heterocycles. The zero-order chi connectivity index (χ0) is 21.7. The Hall–Kier alpha value is -3.15. The highest BCUT2D eigenvalue weighted by molar-refractivity contribution is 5.99. The third kappa shape index (κ3) is 4.87. The molecule has 0 aliphatic carbocycles. The van der Waals surface area contributed by atoms with Gasteiger partial charge in [0.15, 0.2) is 6.10 Å². The van der Waals surface area contributed by atoms with Gasteiger partial charge in [-0.05, 0) is 55.5 Å². The van der Waals surface area contributed by atoms with E-state index in [-0.39, 0.29) is 11.8 Å². The van der Waals surface area contributed by atoms with Crippen molar-refractivity contribution in [2.45, 2.75) is 52.1 Å². The molecule has 2 aromatic rings. The number of hydrogen-bond acceptors (Lipinski definition) is 4. The number of benzene rings is 2. The lowest BCUT2D eigenvalue weighted by Crippen LogP contribution is -2.30. The zero-order valence-corrected chi connectivity index (χ0v) is 17.7. The van der Waals surface area contributed by atoms with Gasteiger partial charge >= 0.3 is 5.97 Å². The molecule has 3 rings (SSSR count). The largest absolute Gasteiger partial charge is 0.449 e. The number of rotatable bonds is 7. The predicted octanol–water partition coefficient (Wildman–Crippen LogP) is 4.51. The minimum atomic E-state index is -0.959. The molecule has 6 heteroatoms. The standard InChI is InChI=1S/C24H28N2O4/c1-4-16(2)20-11-5-6-12-21(20)25-23(28)17(3)30-24(29)18-9-7-10-19(15-18)26-14-8-13-22(26)27/h5-7,9-12,15-17H,4,8,13-14H2,1-3H3,(H,25,28)/t16-,17-/m1/s1. The third-order valence-electron chi connectivity index (χ3n) is 5.48. The number of nitrogens with one attached hydrogen (secondary N) is 1. The molecule has 1 heterocycles. The molecule has 1 aliphatic heterocycles. The Balaban J connectivity index is 1.66. The smallest absolute Gasteiger partial charge is 0.338 e. The molecule has 6 nitrogen and oxygen atoms in total. The van der Waals surface area contributed by atoms with Crippen LogP contribution in [0.25, 0.3) is 0 Å². The zero-order valence-electron chi connectivity index (χ0n) is 17.7. The van der Waals surface area contributed by atoms with Gasteiger partial charge in [0.2, 0.25) is 5.91 Å². The second kappa shape index (κ2) is 9.57. The van der Waals surface area contributed by atoms with Gasteiger partial charge in [0.25, 0.3) is 5.91 Å². The van der Waals surface area contributed by atoms with E-state index in [1.165, 1.54) is 0 Å². The van der Waals surface area contributed by atoms with Gasteiger partial charge in [0, 0.05) is 24.3 Å². The van der Waals surface area contributed by atoms with E-state index in [4.69, 9.17) is 4.74 Å². The number of para-hydroxylation sites is 1. The van der Waals surface area contributed by atoms with Crippen LogP contribution in [-0.4, -0.2) is 30.4 Å². The molecule has 0 spiro atoms. The first-order valence-corrected chi connectivity index (χ1v) is 10.4. The molecular weight excluding hydrogens is 380 g/mol. The van der Waals surface area contributed by atoms with Gasteiger partial charge in [0.05, 0.1) is 5.56 Å². The Morgan fingerprint density at radius 3 is 2.60 bits per heavy atom. The van der Waals surface area contributed by atoms with E-state index < -0.39 is 12.1 Å². The monoisotopic (exact) mass is 408 g/mol. The van der Waals surface area contributed by atoms with Crippen LogP contribution in [0.5, 0.6) is 0 Å². The predicted molar refractivity (Wildman–Crippen MR) is 117 cm³/mol. The summed E-state index contributed by atoms with van der Waals surface area (Å²) in [4.78, 5) is 38.8. The first-order valence-electron chi connectivity index (χ1n) is 10.4. The van der Waals surface area contributed by atoms with Crippen LogP contribution >= 0.6 is 0 Å². The summed E-state index contributed by atoms with van der Waals surface area (Å²) < 4.78 is 5.39. The maximum absolute atomic E-state index is 12.6. The number of nitrogens with zero attached hydrogens (tertiary/aromatic N) is 1. The Bertz CT molecular complexity index is 940. The van der Waals surface area contributed by atoms with Crippen molar-refractivity contribution in [1.29, 1.82) is 0 Å². The molecule has 30 heavy (non-hydrogen) atoms. The number of carbonyl (C=O) groups excluding carboxylic acids is 3. The maximum atomic E-state index is 12.6. The summed E-state index contributed by atoms with van der Waals surface area (Å²) in [6, 6.07) is 14.4. The molecule has 2 amide bonds. The highest BCUT2D eigenvalue weighted by Gasteiger charge is 2.24. The summed E-state index contributed by atoms with van der Waals surface area (Å²) in [5, 5.41) is 2.88. The average molecular weight is 408 g/mol. The second-order valence-corrected chi connectivity index (χ2v) is 7.63. The lowest BCUT2D eigenvalue weighted by Gasteiger charge is -2.19. The van der Waals surface area contributed by atoms with Crippen LogP contribution in [0.1, 0.15) is 61.9 Å². The molecule has 158 valence electrons. The lowest BCUT2D eigenvalue weighted by molar-refractivity contribution is -0.123. The normalized spacial score (nSPS) is 15.6. The quantitative estimate of drug-likeness (QED) is 0.684. The Labute approximate surface area is 177 Å². The van der Waals surface area contributed by atoms with Crippen LogP contribution in [0.2, 0.25) is 0 Å². The van der Waals surface area contributed by atoms with Crippen LogP contribution in [0.3, 0.4) is 0 Å². The topological polar surface area (TPSA) is 75.7 Å². The number of hydrogen-bond donors (Lipinski definition) is 1. The summed E-state index contributed by atoms with van der Waals surface area (Å²) in [5.74, 6) is -0.630. The summed E-state index contributed by atoms with van der Waals surface area (Å²) in [6.45, 7) is 6.39. The van der Waals surface area contributed by atoms with E-state index in [1.54, 1.807) is 36.1 Å². The van der Waals surface area contributed by atoms with E-state index in [0.29, 0.717) is 30.1 Å². The van der Waals surface area contributed by atoms with Crippen LogP contribution in [0.4, 0.5) is 11.4 Å². The van der Waals surface area contributed by atoms with Crippen molar-refractivity contribution in [3.05, 3.63) is 59.7 Å². The first-order chi connectivity index (χ1) is 14.4. The summed E-state index contributed by atoms with van der Waals surface area (Å²) >= 11 is 0. The maximum Gasteiger partial charge on any atom is 0.338 e. The molecule has 0 saturated carbocycles. The van der Waals surface area contributed by atoms with Crippen LogP contribution in [-0.2, 0) is 14.3 Å². The molecular formula is C24H28N2O4. The van der Waals surface area contributed by atoms with Crippen LogP contribution in [0.15, 0.2) is 48.5 Å². The molecule has 0 radical (unpaired) electrons. The molecule has 2 aromatic carbocycles. The second-order valence-electron chi connectivity index (χ2n) is 7.63. The van der Waals surface area contributed by atoms with E-state index in [1.807, 2.05) is 24.3 Å². The average Bonchev–Trinajstić information content (AvgIpc) is 3.19. The minimum absolute atomic E-state index is 0.0493. The van der Waals surface area contributed by atoms with Gasteiger partial charge in [-0.2, -0.15) is 0 Å². The number of anilines is 2. The highest BCUT2D eigenvalue weighted by Crippen LogP contribution is 2.27. The van der Waals surface area contributed by atoms with Crippen LogP contribution < -0.4 is 10.2 Å². The SMILES string of the molecule is CC[C@@H](C)c1ccccc1NC(=O)[C@@H](C)OC(=O)c1cccc(N2CCCC2=O)c1. The first kappa shape index (κ1) is 21.6. The van der Waals surface area contributed by atoms with Gasteiger partial charge in [0.1, 0.15) is 0 Å². The van der Waals surface area contributed by atoms with Gasteiger partial charge in [-0.1, -0.05) is 38.1 Å². The van der Waals surface area contributed by atoms with Crippen molar-refractivity contribution in [2.75, 3.05) is 16.8 Å². The van der Waals surface area contributed by atoms with Crippen LogP contribution in [0, 0.1) is 0 Å².